The second kappa shape index (κ2) is 13.5. The van der Waals surface area contributed by atoms with Crippen LogP contribution in [0.25, 0.3) is 123 Å². The van der Waals surface area contributed by atoms with E-state index in [9.17, 15) is 0 Å². The second-order valence-electron chi connectivity index (χ2n) is 16.2. The van der Waals surface area contributed by atoms with Crippen molar-refractivity contribution >= 4 is 78.7 Å². The molecule has 0 amide bonds. The standard InChI is InChI=1S/C54H39N7/c1-59-27-21-36(22-28-59)51-41-13-15-43(55-41)52(37-23-29-60(2)30-24-37)45-17-19-47(57-45)54(40-12-10-35-8-7-33-5-4-6-34-9-11-39(40)50(35)49(33)34)48-20-18-46(58-48)53(44-16-14-42(51)56-44)38-25-31-61(3)32-26-38/h4-32H,1-3H3,(H,55,56,57,58)/q+2/p+1. The van der Waals surface area contributed by atoms with Gasteiger partial charge in [0.15, 0.2) is 37.2 Å². The molecule has 0 saturated heterocycles. The minimum Gasteiger partial charge on any atom is -0.354 e. The molecule has 8 bridgehead atoms. The van der Waals surface area contributed by atoms with Gasteiger partial charge < -0.3 is 9.97 Å². The van der Waals surface area contributed by atoms with Gasteiger partial charge in [0.1, 0.15) is 21.1 Å². The highest BCUT2D eigenvalue weighted by molar-refractivity contribution is 6.26. The van der Waals surface area contributed by atoms with Gasteiger partial charge in [0, 0.05) is 80.7 Å². The van der Waals surface area contributed by atoms with Crippen molar-refractivity contribution in [3.63, 3.8) is 0 Å². The number of pyridine rings is 3. The van der Waals surface area contributed by atoms with E-state index >= 15 is 0 Å². The van der Waals surface area contributed by atoms with Crippen molar-refractivity contribution in [2.75, 3.05) is 0 Å². The molecule has 7 heteroatoms. The van der Waals surface area contributed by atoms with E-state index in [0.717, 1.165) is 89.4 Å². The van der Waals surface area contributed by atoms with Crippen LogP contribution < -0.4 is 13.7 Å². The molecule has 0 atom stereocenters. The normalized spacial score (nSPS) is 12.4. The third-order valence-corrected chi connectivity index (χ3v) is 12.4. The molecule has 0 spiro atoms. The van der Waals surface area contributed by atoms with E-state index in [1.54, 1.807) is 0 Å². The lowest BCUT2D eigenvalue weighted by atomic mass is 9.89. The summed E-state index contributed by atoms with van der Waals surface area (Å²) in [5.74, 6) is 0. The number of aromatic amines is 2. The Labute approximate surface area is 351 Å². The molecule has 8 heterocycles. The summed E-state index contributed by atoms with van der Waals surface area (Å²) in [6, 6.07) is 41.9. The minimum absolute atomic E-state index is 0.887. The lowest BCUT2D eigenvalue weighted by Gasteiger charge is -2.14. The number of hydrogen-bond acceptors (Lipinski definition) is 2. The number of hydrogen-bond donors (Lipinski definition) is 2. The second-order valence-corrected chi connectivity index (χ2v) is 16.2. The third-order valence-electron chi connectivity index (χ3n) is 12.4. The molecule has 2 N–H and O–H groups in total. The first kappa shape index (κ1) is 35.0. The zero-order valence-electron chi connectivity index (χ0n) is 34.0. The lowest BCUT2D eigenvalue weighted by molar-refractivity contribution is -0.671. The van der Waals surface area contributed by atoms with Crippen LogP contribution in [0.15, 0.2) is 152 Å². The first-order valence-electron chi connectivity index (χ1n) is 20.6. The fraction of sp³-hybridized carbons (Fsp3) is 0.0556. The van der Waals surface area contributed by atoms with Gasteiger partial charge in [-0.25, -0.2) is 23.7 Å². The summed E-state index contributed by atoms with van der Waals surface area (Å²) in [7, 11) is 6.13. The molecule has 288 valence electrons. The van der Waals surface area contributed by atoms with Crippen molar-refractivity contribution < 1.29 is 13.7 Å². The molecule has 2 aliphatic rings. The summed E-state index contributed by atoms with van der Waals surface area (Å²) >= 11 is 0. The molecule has 0 fully saturated rings. The number of aryl methyl sites for hydroxylation is 3. The highest BCUT2D eigenvalue weighted by Gasteiger charge is 2.21. The molecule has 0 saturated carbocycles. The highest BCUT2D eigenvalue weighted by atomic mass is 14.9. The molecule has 7 nitrogen and oxygen atoms in total. The molecule has 10 aromatic rings. The number of nitrogens with one attached hydrogen (secondary N) is 2. The number of nitrogens with zero attached hydrogens (tertiary/aromatic N) is 5. The molecule has 2 aliphatic heterocycles. The first-order valence-corrected chi connectivity index (χ1v) is 20.6. The Morgan fingerprint density at radius 2 is 0.721 bits per heavy atom. The van der Waals surface area contributed by atoms with Crippen molar-refractivity contribution in [2.24, 2.45) is 21.1 Å². The average molecular weight is 787 g/mol. The van der Waals surface area contributed by atoms with Crippen LogP contribution in [0, 0.1) is 0 Å². The Morgan fingerprint density at radius 3 is 1.16 bits per heavy atom. The number of aromatic nitrogens is 7. The van der Waals surface area contributed by atoms with Gasteiger partial charge >= 0.3 is 0 Å². The topological polar surface area (TPSA) is 69.0 Å². The molecular weight excluding hydrogens is 747 g/mol. The van der Waals surface area contributed by atoms with E-state index in [0.29, 0.717) is 0 Å². The molecule has 0 unspecified atom stereocenters. The predicted molar refractivity (Wildman–Crippen MR) is 248 cm³/mol. The maximum atomic E-state index is 5.59. The van der Waals surface area contributed by atoms with E-state index in [1.165, 1.54) is 32.3 Å². The Kier molecular flexibility index (Phi) is 7.74. The van der Waals surface area contributed by atoms with Crippen molar-refractivity contribution in [2.45, 2.75) is 0 Å². The Bertz CT molecular complexity index is 3590. The van der Waals surface area contributed by atoms with Crippen LogP contribution >= 0.6 is 0 Å². The SMILES string of the molecule is C[n+]1ccc(-c2c3nc(c(-c4cc[n+](C)cc4)c4ccc([nH]4)c(-c4ccc5ccc6cccc7ccc4c5c67)c4nc(c(-c5cc[n+](C)cc5)c5ccc2[nH]5)C=C4)C=C3)cc1. The summed E-state index contributed by atoms with van der Waals surface area (Å²) < 4.78 is 6.18. The summed E-state index contributed by atoms with van der Waals surface area (Å²) in [6.45, 7) is 0. The number of rotatable bonds is 4. The third kappa shape index (κ3) is 5.69. The van der Waals surface area contributed by atoms with Gasteiger partial charge in [-0.05, 0) is 103 Å². The fourth-order valence-electron chi connectivity index (χ4n) is 9.36. The van der Waals surface area contributed by atoms with E-state index < -0.39 is 0 Å². The van der Waals surface area contributed by atoms with Crippen LogP contribution in [0.1, 0.15) is 22.8 Å². The van der Waals surface area contributed by atoms with Crippen molar-refractivity contribution in [1.82, 2.24) is 19.9 Å². The summed E-state index contributed by atoms with van der Waals surface area (Å²) in [6.07, 6.45) is 21.2. The monoisotopic (exact) mass is 786 g/mol. The molecule has 0 aliphatic carbocycles. The highest BCUT2D eigenvalue weighted by Crippen LogP contribution is 2.43. The van der Waals surface area contributed by atoms with Crippen LogP contribution in [0.5, 0.6) is 0 Å². The zero-order chi connectivity index (χ0) is 40.8. The Morgan fingerprint density at radius 1 is 0.361 bits per heavy atom. The minimum atomic E-state index is 0.887. The smallest absolute Gasteiger partial charge is 0.169 e. The van der Waals surface area contributed by atoms with Crippen molar-refractivity contribution in [1.29, 1.82) is 0 Å². The van der Waals surface area contributed by atoms with Crippen LogP contribution in [0.2, 0.25) is 0 Å². The summed E-state index contributed by atoms with van der Waals surface area (Å²) in [4.78, 5) is 18.9. The zero-order valence-corrected chi connectivity index (χ0v) is 34.0. The van der Waals surface area contributed by atoms with Gasteiger partial charge in [0.05, 0.1) is 22.8 Å². The molecule has 12 rings (SSSR count). The van der Waals surface area contributed by atoms with Gasteiger partial charge in [0.2, 0.25) is 0 Å². The Hall–Kier alpha value is -8.03. The van der Waals surface area contributed by atoms with Crippen molar-refractivity contribution in [3.8, 4) is 44.5 Å². The number of benzene rings is 4. The fourth-order valence-corrected chi connectivity index (χ4v) is 9.36. The van der Waals surface area contributed by atoms with Gasteiger partial charge in [-0.15, -0.1) is 0 Å². The van der Waals surface area contributed by atoms with Crippen LogP contribution in [-0.4, -0.2) is 19.9 Å². The van der Waals surface area contributed by atoms with E-state index in [2.05, 4.69) is 200 Å². The molecular formula is C54H40N7+3. The Balaban J connectivity index is 1.26. The van der Waals surface area contributed by atoms with Crippen LogP contribution in [0.4, 0.5) is 0 Å². The summed E-state index contributed by atoms with van der Waals surface area (Å²) in [5, 5.41) is 7.46. The van der Waals surface area contributed by atoms with Crippen molar-refractivity contribution in [3.05, 3.63) is 175 Å². The molecule has 6 aromatic heterocycles. The maximum absolute atomic E-state index is 5.59. The summed E-state index contributed by atoms with van der Waals surface area (Å²) in [5.41, 5.74) is 15.9. The first-order chi connectivity index (χ1) is 29.9. The van der Waals surface area contributed by atoms with Crippen LogP contribution in [-0.2, 0) is 21.1 Å². The number of fused-ring (bicyclic) bond motifs is 8. The number of H-pyrrole nitrogens is 2. The molecule has 61 heavy (non-hydrogen) atoms. The van der Waals surface area contributed by atoms with Gasteiger partial charge in [-0.3, -0.25) is 0 Å². The van der Waals surface area contributed by atoms with E-state index in [1.807, 2.05) is 21.1 Å². The average Bonchev–Trinajstić information content (AvgIpc) is 4.13. The maximum Gasteiger partial charge on any atom is 0.169 e. The lowest BCUT2D eigenvalue weighted by Crippen LogP contribution is -2.25. The van der Waals surface area contributed by atoms with E-state index in [-0.39, 0.29) is 0 Å². The molecule has 4 aromatic carbocycles. The largest absolute Gasteiger partial charge is 0.354 e. The molecule has 0 radical (unpaired) electrons. The predicted octanol–water partition coefficient (Wildman–Crippen LogP) is 10.7. The van der Waals surface area contributed by atoms with Crippen LogP contribution in [0.3, 0.4) is 0 Å². The van der Waals surface area contributed by atoms with Gasteiger partial charge in [0.25, 0.3) is 0 Å². The quantitative estimate of drug-likeness (QED) is 0.138. The van der Waals surface area contributed by atoms with Gasteiger partial charge in [-0.2, -0.15) is 0 Å². The van der Waals surface area contributed by atoms with Gasteiger partial charge in [-0.1, -0.05) is 54.6 Å². The van der Waals surface area contributed by atoms with E-state index in [4.69, 9.17) is 9.97 Å².